The zero-order chi connectivity index (χ0) is 24.4. The molecule has 0 saturated carbocycles. The van der Waals surface area contributed by atoms with Crippen LogP contribution >= 0.6 is 0 Å². The predicted octanol–water partition coefficient (Wildman–Crippen LogP) is 4.71. The lowest BCUT2D eigenvalue weighted by Crippen LogP contribution is -2.29. The molecular weight excluding hydrogens is 438 g/mol. The summed E-state index contributed by atoms with van der Waals surface area (Å²) in [5, 5.41) is 11.2. The Morgan fingerprint density at radius 3 is 2.26 bits per heavy atom. The van der Waals surface area contributed by atoms with Gasteiger partial charge in [0.1, 0.15) is 34.8 Å². The van der Waals surface area contributed by atoms with Crippen LogP contribution in [0.4, 0.5) is 5.69 Å². The van der Waals surface area contributed by atoms with Gasteiger partial charge < -0.3 is 23.7 Å². The van der Waals surface area contributed by atoms with E-state index in [4.69, 9.17) is 18.6 Å². The number of benzene rings is 2. The van der Waals surface area contributed by atoms with E-state index in [1.54, 1.807) is 54.6 Å². The highest BCUT2D eigenvalue weighted by molar-refractivity contribution is 6.51. The summed E-state index contributed by atoms with van der Waals surface area (Å²) in [7, 11) is 2.98. The monoisotopic (exact) mass is 463 g/mol. The van der Waals surface area contributed by atoms with Crippen molar-refractivity contribution in [3.05, 3.63) is 77.8 Å². The molecule has 0 spiro atoms. The molecule has 1 N–H and O–H groups in total. The zero-order valence-corrected chi connectivity index (χ0v) is 19.3. The maximum absolute atomic E-state index is 13.3. The predicted molar refractivity (Wildman–Crippen MR) is 125 cm³/mol. The standard InChI is InChI=1S/C26H25NO7/c1-15(2)34-18-8-5-7-16(11-18)24(28)22-23(21-9-6-10-33-21)27(26(30)25(22)29)17-12-19(31-3)14-20(13-17)32-4/h5-15,23,28H,1-4H3/b24-22-. The molecular formula is C26H25NO7. The Morgan fingerprint density at radius 1 is 0.971 bits per heavy atom. The van der Waals surface area contributed by atoms with Crippen molar-refractivity contribution in [1.29, 1.82) is 0 Å². The first-order valence-electron chi connectivity index (χ1n) is 10.7. The minimum atomic E-state index is -0.999. The number of Topliss-reactive ketones (excluding diaryl/α,β-unsaturated/α-hetero) is 1. The fourth-order valence-corrected chi connectivity index (χ4v) is 3.89. The third-order valence-electron chi connectivity index (χ3n) is 5.35. The summed E-state index contributed by atoms with van der Waals surface area (Å²) in [6.07, 6.45) is 1.37. The summed E-state index contributed by atoms with van der Waals surface area (Å²) in [5.74, 6) is -0.256. The molecule has 1 saturated heterocycles. The molecule has 1 fully saturated rings. The number of furan rings is 1. The smallest absolute Gasteiger partial charge is 0.300 e. The highest BCUT2D eigenvalue weighted by atomic mass is 16.5. The van der Waals surface area contributed by atoms with Gasteiger partial charge in [0.15, 0.2) is 0 Å². The number of methoxy groups -OCH3 is 2. The maximum Gasteiger partial charge on any atom is 0.300 e. The van der Waals surface area contributed by atoms with Crippen molar-refractivity contribution in [1.82, 2.24) is 0 Å². The summed E-state index contributed by atoms with van der Waals surface area (Å²) >= 11 is 0. The van der Waals surface area contributed by atoms with Crippen LogP contribution in [0.2, 0.25) is 0 Å². The van der Waals surface area contributed by atoms with Crippen LogP contribution in [-0.2, 0) is 9.59 Å². The second kappa shape index (κ2) is 9.35. The quantitative estimate of drug-likeness (QED) is 0.308. The van der Waals surface area contributed by atoms with Crippen LogP contribution in [0.15, 0.2) is 70.9 Å². The van der Waals surface area contributed by atoms with Crippen LogP contribution < -0.4 is 19.1 Å². The van der Waals surface area contributed by atoms with E-state index >= 15 is 0 Å². The Hall–Kier alpha value is -4.20. The van der Waals surface area contributed by atoms with E-state index in [1.807, 2.05) is 13.8 Å². The highest BCUT2D eigenvalue weighted by Crippen LogP contribution is 2.44. The van der Waals surface area contributed by atoms with Gasteiger partial charge >= 0.3 is 0 Å². The Bertz CT molecular complexity index is 1220. The number of anilines is 1. The topological polar surface area (TPSA) is 98.4 Å². The molecule has 1 unspecified atom stereocenters. The highest BCUT2D eigenvalue weighted by Gasteiger charge is 2.48. The molecule has 8 nitrogen and oxygen atoms in total. The van der Waals surface area contributed by atoms with Gasteiger partial charge in [0.25, 0.3) is 11.7 Å². The molecule has 4 rings (SSSR count). The number of hydrogen-bond donors (Lipinski definition) is 1. The van der Waals surface area contributed by atoms with Gasteiger partial charge in [-0.25, -0.2) is 0 Å². The number of ketones is 1. The molecule has 0 aliphatic carbocycles. The van der Waals surface area contributed by atoms with Gasteiger partial charge in [0, 0.05) is 23.8 Å². The van der Waals surface area contributed by atoms with Crippen molar-refractivity contribution in [2.45, 2.75) is 26.0 Å². The number of ether oxygens (including phenoxy) is 3. The van der Waals surface area contributed by atoms with Crippen molar-refractivity contribution < 1.29 is 33.3 Å². The molecule has 1 aromatic heterocycles. The largest absolute Gasteiger partial charge is 0.507 e. The van der Waals surface area contributed by atoms with Gasteiger partial charge in [-0.3, -0.25) is 14.5 Å². The molecule has 2 heterocycles. The number of aliphatic hydroxyl groups is 1. The second-order valence-corrected chi connectivity index (χ2v) is 7.95. The van der Waals surface area contributed by atoms with Gasteiger partial charge in [-0.2, -0.15) is 0 Å². The molecule has 1 aliphatic rings. The maximum atomic E-state index is 13.3. The lowest BCUT2D eigenvalue weighted by atomic mass is 9.99. The lowest BCUT2D eigenvalue weighted by molar-refractivity contribution is -0.132. The van der Waals surface area contributed by atoms with Gasteiger partial charge in [-0.05, 0) is 38.1 Å². The average molecular weight is 463 g/mol. The number of hydrogen-bond acceptors (Lipinski definition) is 7. The fourth-order valence-electron chi connectivity index (χ4n) is 3.89. The van der Waals surface area contributed by atoms with Crippen LogP contribution in [-0.4, -0.2) is 37.1 Å². The molecule has 1 amide bonds. The number of carbonyl (C=O) groups is 2. The third-order valence-corrected chi connectivity index (χ3v) is 5.35. The van der Waals surface area contributed by atoms with Gasteiger partial charge in [0.05, 0.1) is 37.8 Å². The fraction of sp³-hybridized carbons (Fsp3) is 0.231. The van der Waals surface area contributed by atoms with Gasteiger partial charge in [-0.1, -0.05) is 12.1 Å². The molecule has 34 heavy (non-hydrogen) atoms. The summed E-state index contributed by atoms with van der Waals surface area (Å²) < 4.78 is 22.0. The van der Waals surface area contributed by atoms with Crippen LogP contribution in [0.1, 0.15) is 31.2 Å². The second-order valence-electron chi connectivity index (χ2n) is 7.95. The first kappa shape index (κ1) is 23.0. The van der Waals surface area contributed by atoms with Crippen LogP contribution in [0.5, 0.6) is 17.2 Å². The Labute approximate surface area is 197 Å². The van der Waals surface area contributed by atoms with Crippen molar-refractivity contribution in [3.8, 4) is 17.2 Å². The third kappa shape index (κ3) is 4.22. The summed E-state index contributed by atoms with van der Waals surface area (Å²) in [6, 6.07) is 13.9. The molecule has 0 bridgehead atoms. The number of aliphatic hydroxyl groups excluding tert-OH is 1. The van der Waals surface area contributed by atoms with Crippen molar-refractivity contribution in [2.75, 3.05) is 19.1 Å². The van der Waals surface area contributed by atoms with E-state index in [0.717, 1.165) is 0 Å². The SMILES string of the molecule is COc1cc(OC)cc(N2C(=O)C(=O)/C(=C(\O)c3cccc(OC(C)C)c3)C2c2ccco2)c1. The first-order chi connectivity index (χ1) is 16.3. The molecule has 2 aromatic carbocycles. The van der Waals surface area contributed by atoms with Crippen LogP contribution in [0.3, 0.4) is 0 Å². The van der Waals surface area contributed by atoms with Crippen molar-refractivity contribution in [2.24, 2.45) is 0 Å². The van der Waals surface area contributed by atoms with Crippen LogP contribution in [0.25, 0.3) is 5.76 Å². The minimum absolute atomic E-state index is 0.0749. The van der Waals surface area contributed by atoms with Gasteiger partial charge in [0.2, 0.25) is 0 Å². The average Bonchev–Trinajstić information content (AvgIpc) is 3.45. The number of amides is 1. The van der Waals surface area contributed by atoms with E-state index in [1.165, 1.54) is 25.4 Å². The van der Waals surface area contributed by atoms with E-state index < -0.39 is 17.7 Å². The van der Waals surface area contributed by atoms with Crippen molar-refractivity contribution >= 4 is 23.1 Å². The molecule has 1 aliphatic heterocycles. The molecule has 176 valence electrons. The first-order valence-corrected chi connectivity index (χ1v) is 10.7. The molecule has 1 atom stereocenters. The number of nitrogens with zero attached hydrogens (tertiary/aromatic N) is 1. The van der Waals surface area contributed by atoms with E-state index in [9.17, 15) is 14.7 Å². The summed E-state index contributed by atoms with van der Waals surface area (Å²) in [4.78, 5) is 27.8. The molecule has 8 heteroatoms. The van der Waals surface area contributed by atoms with E-state index in [-0.39, 0.29) is 17.4 Å². The Kier molecular flexibility index (Phi) is 6.32. The van der Waals surface area contributed by atoms with E-state index in [2.05, 4.69) is 0 Å². The normalized spacial score (nSPS) is 17.3. The Balaban J connectivity index is 1.89. The van der Waals surface area contributed by atoms with Crippen LogP contribution in [0, 0.1) is 0 Å². The zero-order valence-electron chi connectivity index (χ0n) is 19.3. The van der Waals surface area contributed by atoms with Crippen molar-refractivity contribution in [3.63, 3.8) is 0 Å². The molecule has 0 radical (unpaired) electrons. The molecule has 3 aromatic rings. The minimum Gasteiger partial charge on any atom is -0.507 e. The lowest BCUT2D eigenvalue weighted by Gasteiger charge is -2.24. The van der Waals surface area contributed by atoms with E-state index in [0.29, 0.717) is 34.3 Å². The number of carbonyl (C=O) groups excluding carboxylic acids is 2. The summed E-state index contributed by atoms with van der Waals surface area (Å²) in [5.41, 5.74) is 0.606. The van der Waals surface area contributed by atoms with Gasteiger partial charge in [-0.15, -0.1) is 0 Å². The number of rotatable bonds is 7. The summed E-state index contributed by atoms with van der Waals surface area (Å²) in [6.45, 7) is 3.77. The Morgan fingerprint density at radius 2 is 1.68 bits per heavy atom.